The van der Waals surface area contributed by atoms with Crippen LogP contribution in [0, 0.1) is 11.3 Å². The summed E-state index contributed by atoms with van der Waals surface area (Å²) >= 11 is 0. The van der Waals surface area contributed by atoms with Crippen LogP contribution in [0.3, 0.4) is 0 Å². The lowest BCUT2D eigenvalue weighted by Gasteiger charge is -2.09. The fourth-order valence-corrected chi connectivity index (χ4v) is 3.45. The molecule has 3 aromatic rings. The second-order valence-corrected chi connectivity index (χ2v) is 6.23. The van der Waals surface area contributed by atoms with Gasteiger partial charge in [0.25, 0.3) is 0 Å². The van der Waals surface area contributed by atoms with Crippen LogP contribution in [0.25, 0.3) is 22.3 Å². The standard InChI is InChI=1S/C23H22N2O2/c1-4-20-19(15-24)21(22(25(20)3)23(26)27-5-2)18-13-11-17(12-14-18)16-9-7-6-8-10-16/h6-14H,4-5H2,1-3H3. The Bertz CT molecular complexity index is 994. The van der Waals surface area contributed by atoms with Crippen molar-refractivity contribution in [3.8, 4) is 28.3 Å². The summed E-state index contributed by atoms with van der Waals surface area (Å²) in [7, 11) is 1.81. The molecule has 0 N–H and O–H groups in total. The molecule has 0 radical (unpaired) electrons. The molecule has 0 unspecified atom stereocenters. The number of esters is 1. The summed E-state index contributed by atoms with van der Waals surface area (Å²) < 4.78 is 7.04. The Morgan fingerprint density at radius 2 is 1.59 bits per heavy atom. The Hall–Kier alpha value is -3.32. The second-order valence-electron chi connectivity index (χ2n) is 6.23. The summed E-state index contributed by atoms with van der Waals surface area (Å²) in [6.45, 7) is 4.05. The molecule has 1 heterocycles. The van der Waals surface area contributed by atoms with Crippen LogP contribution in [0.15, 0.2) is 54.6 Å². The highest BCUT2D eigenvalue weighted by Gasteiger charge is 2.26. The zero-order chi connectivity index (χ0) is 19.4. The number of ether oxygens (including phenoxy) is 1. The molecule has 0 spiro atoms. The first-order valence-corrected chi connectivity index (χ1v) is 9.06. The van der Waals surface area contributed by atoms with Crippen molar-refractivity contribution in [3.63, 3.8) is 0 Å². The van der Waals surface area contributed by atoms with Crippen LogP contribution in [0.5, 0.6) is 0 Å². The van der Waals surface area contributed by atoms with Crippen LogP contribution >= 0.6 is 0 Å². The predicted molar refractivity (Wildman–Crippen MR) is 106 cm³/mol. The predicted octanol–water partition coefficient (Wildman–Crippen LogP) is 4.97. The third-order valence-corrected chi connectivity index (χ3v) is 4.71. The highest BCUT2D eigenvalue weighted by atomic mass is 16.5. The van der Waals surface area contributed by atoms with Gasteiger partial charge >= 0.3 is 5.97 Å². The molecule has 0 saturated heterocycles. The Kier molecular flexibility index (Phi) is 5.42. The molecular formula is C23H22N2O2. The fourth-order valence-electron chi connectivity index (χ4n) is 3.45. The van der Waals surface area contributed by atoms with Crippen molar-refractivity contribution in [2.45, 2.75) is 20.3 Å². The first-order valence-electron chi connectivity index (χ1n) is 9.06. The SMILES string of the molecule is CCOC(=O)c1c(-c2ccc(-c3ccccc3)cc2)c(C#N)c(CC)n1C. The number of carbonyl (C=O) groups is 1. The molecule has 27 heavy (non-hydrogen) atoms. The van der Waals surface area contributed by atoms with Crippen LogP contribution < -0.4 is 0 Å². The molecule has 0 bridgehead atoms. The van der Waals surface area contributed by atoms with Crippen LogP contribution in [0.4, 0.5) is 0 Å². The van der Waals surface area contributed by atoms with Gasteiger partial charge < -0.3 is 9.30 Å². The highest BCUT2D eigenvalue weighted by Crippen LogP contribution is 2.34. The van der Waals surface area contributed by atoms with Crippen molar-refractivity contribution >= 4 is 5.97 Å². The van der Waals surface area contributed by atoms with Gasteiger partial charge in [-0.2, -0.15) is 5.26 Å². The van der Waals surface area contributed by atoms with Crippen LogP contribution in [0.2, 0.25) is 0 Å². The van der Waals surface area contributed by atoms with Gasteiger partial charge in [0.05, 0.1) is 12.2 Å². The van der Waals surface area contributed by atoms with Gasteiger partial charge in [-0.1, -0.05) is 61.5 Å². The van der Waals surface area contributed by atoms with E-state index < -0.39 is 5.97 Å². The summed E-state index contributed by atoms with van der Waals surface area (Å²) in [5.74, 6) is -0.404. The van der Waals surface area contributed by atoms with Gasteiger partial charge in [-0.25, -0.2) is 4.79 Å². The molecule has 0 aliphatic heterocycles. The molecule has 1 aromatic heterocycles. The molecule has 4 nitrogen and oxygen atoms in total. The van der Waals surface area contributed by atoms with Crippen molar-refractivity contribution < 1.29 is 9.53 Å². The van der Waals surface area contributed by atoms with E-state index in [-0.39, 0.29) is 0 Å². The molecule has 3 rings (SSSR count). The average Bonchev–Trinajstić information content (AvgIpc) is 3.00. The van der Waals surface area contributed by atoms with E-state index in [0.717, 1.165) is 22.4 Å². The summed E-state index contributed by atoms with van der Waals surface area (Å²) in [6.07, 6.45) is 0.661. The van der Waals surface area contributed by atoms with Gasteiger partial charge in [0.15, 0.2) is 0 Å². The Balaban J connectivity index is 2.15. The maximum atomic E-state index is 12.6. The number of aromatic nitrogens is 1. The molecule has 2 aromatic carbocycles. The van der Waals surface area contributed by atoms with Crippen molar-refractivity contribution in [1.29, 1.82) is 5.26 Å². The van der Waals surface area contributed by atoms with E-state index >= 15 is 0 Å². The van der Waals surface area contributed by atoms with Crippen LogP contribution in [0.1, 0.15) is 35.6 Å². The monoisotopic (exact) mass is 358 g/mol. The van der Waals surface area contributed by atoms with Crippen molar-refractivity contribution in [3.05, 3.63) is 71.5 Å². The molecule has 0 atom stereocenters. The lowest BCUT2D eigenvalue weighted by Crippen LogP contribution is -2.12. The maximum Gasteiger partial charge on any atom is 0.355 e. The van der Waals surface area contributed by atoms with E-state index in [1.165, 1.54) is 0 Å². The Morgan fingerprint density at radius 3 is 2.15 bits per heavy atom. The Morgan fingerprint density at radius 1 is 1.00 bits per heavy atom. The molecule has 0 amide bonds. The number of hydrogen-bond acceptors (Lipinski definition) is 3. The topological polar surface area (TPSA) is 55.0 Å². The van der Waals surface area contributed by atoms with Crippen molar-refractivity contribution in [2.24, 2.45) is 7.05 Å². The van der Waals surface area contributed by atoms with E-state index in [9.17, 15) is 10.1 Å². The molecular weight excluding hydrogens is 336 g/mol. The first-order chi connectivity index (χ1) is 13.1. The molecule has 0 aliphatic carbocycles. The molecule has 0 fully saturated rings. The zero-order valence-corrected chi connectivity index (χ0v) is 15.8. The van der Waals surface area contributed by atoms with Gasteiger partial charge in [0, 0.05) is 18.3 Å². The van der Waals surface area contributed by atoms with E-state index in [0.29, 0.717) is 29.8 Å². The largest absolute Gasteiger partial charge is 0.461 e. The van der Waals surface area contributed by atoms with E-state index in [4.69, 9.17) is 4.74 Å². The van der Waals surface area contributed by atoms with Gasteiger partial charge in [-0.3, -0.25) is 0 Å². The normalized spacial score (nSPS) is 10.4. The number of nitriles is 1. The molecule has 4 heteroatoms. The van der Waals surface area contributed by atoms with E-state index in [1.807, 2.05) is 56.4 Å². The maximum absolute atomic E-state index is 12.6. The van der Waals surface area contributed by atoms with E-state index in [2.05, 4.69) is 18.2 Å². The third-order valence-electron chi connectivity index (χ3n) is 4.71. The average molecular weight is 358 g/mol. The quantitative estimate of drug-likeness (QED) is 0.605. The molecule has 136 valence electrons. The highest BCUT2D eigenvalue weighted by molar-refractivity contribution is 5.98. The first kappa shape index (κ1) is 18.5. The number of rotatable bonds is 5. The summed E-state index contributed by atoms with van der Waals surface area (Å²) in [6, 6.07) is 20.3. The second kappa shape index (κ2) is 7.92. The summed E-state index contributed by atoms with van der Waals surface area (Å²) in [5, 5.41) is 9.76. The summed E-state index contributed by atoms with van der Waals surface area (Å²) in [5.41, 5.74) is 5.50. The minimum atomic E-state index is -0.404. The van der Waals surface area contributed by atoms with Gasteiger partial charge in [0.2, 0.25) is 0 Å². The van der Waals surface area contributed by atoms with Crippen molar-refractivity contribution in [2.75, 3.05) is 6.61 Å². The molecule has 0 aliphatic rings. The lowest BCUT2D eigenvalue weighted by atomic mass is 9.97. The number of benzene rings is 2. The fraction of sp³-hybridized carbons (Fsp3) is 0.217. The van der Waals surface area contributed by atoms with Gasteiger partial charge in [0.1, 0.15) is 11.8 Å². The van der Waals surface area contributed by atoms with Crippen LogP contribution in [-0.2, 0) is 18.2 Å². The third kappa shape index (κ3) is 3.37. The zero-order valence-electron chi connectivity index (χ0n) is 15.8. The van der Waals surface area contributed by atoms with Crippen LogP contribution in [-0.4, -0.2) is 17.1 Å². The number of hydrogen-bond donors (Lipinski definition) is 0. The Labute approximate surface area is 159 Å². The number of carbonyl (C=O) groups excluding carboxylic acids is 1. The smallest absolute Gasteiger partial charge is 0.355 e. The minimum absolute atomic E-state index is 0.291. The van der Waals surface area contributed by atoms with E-state index in [1.54, 1.807) is 11.5 Å². The van der Waals surface area contributed by atoms with Crippen molar-refractivity contribution in [1.82, 2.24) is 4.57 Å². The lowest BCUT2D eigenvalue weighted by molar-refractivity contribution is 0.0516. The number of nitrogens with zero attached hydrogens (tertiary/aromatic N) is 2. The summed E-state index contributed by atoms with van der Waals surface area (Å²) in [4.78, 5) is 12.6. The minimum Gasteiger partial charge on any atom is -0.461 e. The van der Waals surface area contributed by atoms with Gasteiger partial charge in [-0.05, 0) is 30.0 Å². The van der Waals surface area contributed by atoms with Gasteiger partial charge in [-0.15, -0.1) is 0 Å². The molecule has 0 saturated carbocycles.